The summed E-state index contributed by atoms with van der Waals surface area (Å²) in [7, 11) is 0. The summed E-state index contributed by atoms with van der Waals surface area (Å²) in [5, 5.41) is 0. The molecule has 5 heteroatoms. The normalized spacial score (nSPS) is 15.5. The maximum Gasteiger partial charge on any atom is 0.225 e. The van der Waals surface area contributed by atoms with Gasteiger partial charge in [0.25, 0.3) is 0 Å². The van der Waals surface area contributed by atoms with Crippen molar-refractivity contribution in [3.05, 3.63) is 84.3 Å². The Labute approximate surface area is 166 Å². The SMILES string of the molecule is Cc1cccc([C@@H](CC(=O)N2CCN(c3ccccn3)CC2)n2cccc2)c1. The lowest BCUT2D eigenvalue weighted by molar-refractivity contribution is -0.132. The second-order valence-corrected chi connectivity index (χ2v) is 7.32. The minimum Gasteiger partial charge on any atom is -0.353 e. The molecule has 1 aliphatic heterocycles. The summed E-state index contributed by atoms with van der Waals surface area (Å²) >= 11 is 0. The fourth-order valence-electron chi connectivity index (χ4n) is 3.85. The molecule has 144 valence electrons. The molecule has 3 heterocycles. The van der Waals surface area contributed by atoms with Gasteiger partial charge in [0.1, 0.15) is 5.82 Å². The molecule has 1 fully saturated rings. The van der Waals surface area contributed by atoms with Gasteiger partial charge in [-0.3, -0.25) is 4.79 Å². The third kappa shape index (κ3) is 4.09. The van der Waals surface area contributed by atoms with Crippen molar-refractivity contribution in [2.24, 2.45) is 0 Å². The van der Waals surface area contributed by atoms with Crippen LogP contribution in [0.15, 0.2) is 73.2 Å². The van der Waals surface area contributed by atoms with Crippen LogP contribution in [0.1, 0.15) is 23.6 Å². The Kier molecular flexibility index (Phi) is 5.42. The topological polar surface area (TPSA) is 41.4 Å². The fraction of sp³-hybridized carbons (Fsp3) is 0.304. The zero-order valence-electron chi connectivity index (χ0n) is 16.2. The number of benzene rings is 1. The molecule has 1 atom stereocenters. The lowest BCUT2D eigenvalue weighted by atomic mass is 10.0. The Bertz CT molecular complexity index is 899. The fourth-order valence-corrected chi connectivity index (χ4v) is 3.85. The number of hydrogen-bond donors (Lipinski definition) is 0. The van der Waals surface area contributed by atoms with Crippen LogP contribution in [-0.2, 0) is 4.79 Å². The van der Waals surface area contributed by atoms with Crippen LogP contribution in [0, 0.1) is 6.92 Å². The van der Waals surface area contributed by atoms with E-state index in [2.05, 4.69) is 45.6 Å². The number of piperazine rings is 1. The van der Waals surface area contributed by atoms with E-state index in [1.54, 1.807) is 0 Å². The lowest BCUT2D eigenvalue weighted by Gasteiger charge is -2.36. The van der Waals surface area contributed by atoms with Crippen LogP contribution in [-0.4, -0.2) is 46.5 Å². The molecule has 2 aromatic heterocycles. The molecule has 0 unspecified atom stereocenters. The molecule has 28 heavy (non-hydrogen) atoms. The van der Waals surface area contributed by atoms with E-state index in [9.17, 15) is 4.79 Å². The second kappa shape index (κ2) is 8.30. The molecule has 0 radical (unpaired) electrons. The summed E-state index contributed by atoms with van der Waals surface area (Å²) in [5.74, 6) is 1.19. The average molecular weight is 374 g/mol. The minimum atomic E-state index is 0.0243. The van der Waals surface area contributed by atoms with Crippen molar-refractivity contribution in [1.29, 1.82) is 0 Å². The molecule has 0 saturated carbocycles. The number of pyridine rings is 1. The van der Waals surface area contributed by atoms with E-state index in [1.165, 1.54) is 11.1 Å². The van der Waals surface area contributed by atoms with Gasteiger partial charge in [-0.1, -0.05) is 35.9 Å². The number of rotatable bonds is 5. The maximum atomic E-state index is 13.1. The molecule has 0 N–H and O–H groups in total. The van der Waals surface area contributed by atoms with E-state index in [0.717, 1.165) is 32.0 Å². The number of amides is 1. The lowest BCUT2D eigenvalue weighted by Crippen LogP contribution is -2.49. The highest BCUT2D eigenvalue weighted by molar-refractivity contribution is 5.77. The summed E-state index contributed by atoms with van der Waals surface area (Å²) in [6.07, 6.45) is 6.37. The van der Waals surface area contributed by atoms with Crippen molar-refractivity contribution in [1.82, 2.24) is 14.5 Å². The van der Waals surface area contributed by atoms with Gasteiger partial charge >= 0.3 is 0 Å². The standard InChI is InChI=1S/C23H26N4O/c1-19-7-6-8-20(17-19)21(25-11-4-5-12-25)18-23(28)27-15-13-26(14-16-27)22-9-2-3-10-24-22/h2-12,17,21H,13-16,18H2,1H3/t21-/m1/s1. The smallest absolute Gasteiger partial charge is 0.225 e. The molecule has 1 amide bonds. The van der Waals surface area contributed by atoms with E-state index in [0.29, 0.717) is 6.42 Å². The van der Waals surface area contributed by atoms with Crippen molar-refractivity contribution >= 4 is 11.7 Å². The molecule has 5 nitrogen and oxygen atoms in total. The van der Waals surface area contributed by atoms with Crippen LogP contribution in [0.2, 0.25) is 0 Å². The van der Waals surface area contributed by atoms with Gasteiger partial charge in [-0.05, 0) is 36.8 Å². The number of aryl methyl sites for hydroxylation is 1. The number of anilines is 1. The zero-order chi connectivity index (χ0) is 19.3. The average Bonchev–Trinajstić information content (AvgIpc) is 3.27. The van der Waals surface area contributed by atoms with Crippen molar-refractivity contribution in [2.45, 2.75) is 19.4 Å². The largest absolute Gasteiger partial charge is 0.353 e. The molecule has 0 spiro atoms. The maximum absolute atomic E-state index is 13.1. The number of aromatic nitrogens is 2. The van der Waals surface area contributed by atoms with Gasteiger partial charge in [0, 0.05) is 44.8 Å². The van der Waals surface area contributed by atoms with Crippen LogP contribution >= 0.6 is 0 Å². The van der Waals surface area contributed by atoms with Crippen molar-refractivity contribution in [3.63, 3.8) is 0 Å². The van der Waals surface area contributed by atoms with Crippen LogP contribution in [0.25, 0.3) is 0 Å². The molecular weight excluding hydrogens is 348 g/mol. The van der Waals surface area contributed by atoms with Gasteiger partial charge in [-0.2, -0.15) is 0 Å². The first-order valence-corrected chi connectivity index (χ1v) is 9.83. The van der Waals surface area contributed by atoms with Crippen LogP contribution < -0.4 is 4.90 Å². The van der Waals surface area contributed by atoms with Crippen molar-refractivity contribution in [3.8, 4) is 0 Å². The summed E-state index contributed by atoms with van der Waals surface area (Å²) in [4.78, 5) is 21.7. The third-order valence-corrected chi connectivity index (χ3v) is 5.39. The van der Waals surface area contributed by atoms with Crippen molar-refractivity contribution in [2.75, 3.05) is 31.1 Å². The molecular formula is C23H26N4O. The summed E-state index contributed by atoms with van der Waals surface area (Å²) < 4.78 is 2.14. The molecule has 1 aliphatic rings. The Morgan fingerprint density at radius 3 is 2.46 bits per heavy atom. The molecule has 0 aliphatic carbocycles. The number of carbonyl (C=O) groups excluding carboxylic acids is 1. The first kappa shape index (κ1) is 18.3. The Morgan fingerprint density at radius 2 is 1.79 bits per heavy atom. The van der Waals surface area contributed by atoms with Gasteiger partial charge in [0.2, 0.25) is 5.91 Å². The molecule has 1 aromatic carbocycles. The Balaban J connectivity index is 1.44. The molecule has 3 aromatic rings. The van der Waals surface area contributed by atoms with Gasteiger partial charge in [0.15, 0.2) is 0 Å². The first-order valence-electron chi connectivity index (χ1n) is 9.83. The van der Waals surface area contributed by atoms with Crippen LogP contribution in [0.3, 0.4) is 0 Å². The van der Waals surface area contributed by atoms with E-state index >= 15 is 0 Å². The molecule has 0 bridgehead atoms. The first-order chi connectivity index (χ1) is 13.7. The highest BCUT2D eigenvalue weighted by Gasteiger charge is 2.25. The van der Waals surface area contributed by atoms with E-state index in [1.807, 2.05) is 53.8 Å². The predicted octanol–water partition coefficient (Wildman–Crippen LogP) is 3.52. The van der Waals surface area contributed by atoms with E-state index < -0.39 is 0 Å². The quantitative estimate of drug-likeness (QED) is 0.686. The van der Waals surface area contributed by atoms with Gasteiger partial charge in [-0.25, -0.2) is 4.98 Å². The van der Waals surface area contributed by atoms with E-state index in [4.69, 9.17) is 0 Å². The highest BCUT2D eigenvalue weighted by atomic mass is 16.2. The number of carbonyl (C=O) groups is 1. The predicted molar refractivity (Wildman–Crippen MR) is 111 cm³/mol. The molecule has 4 rings (SSSR count). The second-order valence-electron chi connectivity index (χ2n) is 7.32. The minimum absolute atomic E-state index is 0.0243. The van der Waals surface area contributed by atoms with Gasteiger partial charge in [0.05, 0.1) is 12.5 Å². The van der Waals surface area contributed by atoms with Gasteiger partial charge < -0.3 is 14.4 Å². The Morgan fingerprint density at radius 1 is 1.00 bits per heavy atom. The van der Waals surface area contributed by atoms with Crippen LogP contribution in [0.5, 0.6) is 0 Å². The zero-order valence-corrected chi connectivity index (χ0v) is 16.2. The Hall–Kier alpha value is -3.08. The highest BCUT2D eigenvalue weighted by Crippen LogP contribution is 2.25. The third-order valence-electron chi connectivity index (χ3n) is 5.39. The van der Waals surface area contributed by atoms with Gasteiger partial charge in [-0.15, -0.1) is 0 Å². The monoisotopic (exact) mass is 374 g/mol. The summed E-state index contributed by atoms with van der Waals surface area (Å²) in [6, 6.07) is 18.5. The number of nitrogens with zero attached hydrogens (tertiary/aromatic N) is 4. The van der Waals surface area contributed by atoms with Crippen molar-refractivity contribution < 1.29 is 4.79 Å². The summed E-state index contributed by atoms with van der Waals surface area (Å²) in [6.45, 7) is 5.21. The number of hydrogen-bond acceptors (Lipinski definition) is 3. The summed E-state index contributed by atoms with van der Waals surface area (Å²) in [5.41, 5.74) is 2.39. The van der Waals surface area contributed by atoms with Crippen LogP contribution in [0.4, 0.5) is 5.82 Å². The molecule has 1 saturated heterocycles. The van der Waals surface area contributed by atoms with E-state index in [-0.39, 0.29) is 11.9 Å².